The van der Waals surface area contributed by atoms with Gasteiger partial charge in [-0.1, -0.05) is 18.6 Å². The normalized spacial score (nSPS) is 10.9. The lowest BCUT2D eigenvalue weighted by atomic mass is 10.1. The van der Waals surface area contributed by atoms with Gasteiger partial charge in [0.25, 0.3) is 0 Å². The van der Waals surface area contributed by atoms with E-state index in [4.69, 9.17) is 0 Å². The Balaban J connectivity index is 2.45. The van der Waals surface area contributed by atoms with E-state index < -0.39 is 11.6 Å². The van der Waals surface area contributed by atoms with Crippen LogP contribution >= 0.6 is 0 Å². The van der Waals surface area contributed by atoms with Gasteiger partial charge in [-0.3, -0.25) is 0 Å². The quantitative estimate of drug-likeness (QED) is 0.905. The summed E-state index contributed by atoms with van der Waals surface area (Å²) in [4.78, 5) is 0. The molecule has 0 aliphatic rings. The zero-order valence-corrected chi connectivity index (χ0v) is 10.6. The number of aromatic nitrogens is 3. The van der Waals surface area contributed by atoms with Gasteiger partial charge in [-0.25, -0.2) is 13.5 Å². The molecule has 0 saturated heterocycles. The largest absolute Gasteiger partial charge is 0.390 e. The highest BCUT2D eigenvalue weighted by Crippen LogP contribution is 2.24. The van der Waals surface area contributed by atoms with Crippen LogP contribution in [0.4, 0.5) is 8.78 Å². The average molecular weight is 267 g/mol. The molecule has 0 radical (unpaired) electrons. The fraction of sp³-hybridized carbons (Fsp3) is 0.385. The van der Waals surface area contributed by atoms with Crippen molar-refractivity contribution in [3.05, 3.63) is 35.5 Å². The fourth-order valence-electron chi connectivity index (χ4n) is 1.88. The molecule has 0 unspecified atom stereocenters. The number of benzene rings is 1. The van der Waals surface area contributed by atoms with Crippen molar-refractivity contribution in [3.63, 3.8) is 0 Å². The van der Waals surface area contributed by atoms with E-state index >= 15 is 0 Å². The van der Waals surface area contributed by atoms with Gasteiger partial charge in [-0.2, -0.15) is 0 Å². The predicted molar refractivity (Wildman–Crippen MR) is 66.2 cm³/mol. The minimum absolute atomic E-state index is 0.291. The Labute approximate surface area is 109 Å². The van der Waals surface area contributed by atoms with Crippen molar-refractivity contribution in [2.45, 2.75) is 32.9 Å². The molecule has 2 aromatic rings. The molecule has 19 heavy (non-hydrogen) atoms. The number of halogens is 2. The third kappa shape index (κ3) is 2.78. The molecule has 102 valence electrons. The highest BCUT2D eigenvalue weighted by Gasteiger charge is 2.15. The second-order valence-corrected chi connectivity index (χ2v) is 4.25. The molecule has 6 heteroatoms. The topological polar surface area (TPSA) is 50.9 Å². The Morgan fingerprint density at radius 3 is 2.68 bits per heavy atom. The Morgan fingerprint density at radius 1 is 1.26 bits per heavy atom. The van der Waals surface area contributed by atoms with Crippen molar-refractivity contribution >= 4 is 0 Å². The highest BCUT2D eigenvalue weighted by molar-refractivity contribution is 5.61. The molecule has 1 heterocycles. The smallest absolute Gasteiger partial charge is 0.159 e. The van der Waals surface area contributed by atoms with Gasteiger partial charge in [-0.15, -0.1) is 5.10 Å². The van der Waals surface area contributed by atoms with Gasteiger partial charge in [0.15, 0.2) is 11.6 Å². The van der Waals surface area contributed by atoms with Crippen molar-refractivity contribution in [2.75, 3.05) is 0 Å². The molecular weight excluding hydrogens is 252 g/mol. The van der Waals surface area contributed by atoms with Crippen LogP contribution in [0.3, 0.4) is 0 Å². The van der Waals surface area contributed by atoms with Crippen LogP contribution in [0.1, 0.15) is 25.5 Å². The van der Waals surface area contributed by atoms with Gasteiger partial charge in [-0.05, 0) is 24.6 Å². The molecule has 1 N–H and O–H groups in total. The first-order chi connectivity index (χ1) is 9.17. The summed E-state index contributed by atoms with van der Waals surface area (Å²) in [7, 11) is 0. The number of aliphatic hydroxyl groups excluding tert-OH is 1. The van der Waals surface area contributed by atoms with Crippen LogP contribution in [-0.2, 0) is 13.2 Å². The van der Waals surface area contributed by atoms with E-state index in [2.05, 4.69) is 10.3 Å². The lowest BCUT2D eigenvalue weighted by molar-refractivity contribution is 0.277. The third-order valence-electron chi connectivity index (χ3n) is 2.87. The Hall–Kier alpha value is -1.82. The van der Waals surface area contributed by atoms with Crippen molar-refractivity contribution in [1.29, 1.82) is 0 Å². The summed E-state index contributed by atoms with van der Waals surface area (Å²) in [5, 5.41) is 17.1. The van der Waals surface area contributed by atoms with Crippen molar-refractivity contribution < 1.29 is 13.9 Å². The maximum Gasteiger partial charge on any atom is 0.159 e. The van der Waals surface area contributed by atoms with Crippen molar-refractivity contribution in [1.82, 2.24) is 15.0 Å². The summed E-state index contributed by atoms with van der Waals surface area (Å²) in [5.74, 6) is -1.83. The summed E-state index contributed by atoms with van der Waals surface area (Å²) in [6.07, 6.45) is 1.87. The van der Waals surface area contributed by atoms with Crippen molar-refractivity contribution in [2.24, 2.45) is 0 Å². The van der Waals surface area contributed by atoms with Gasteiger partial charge in [0.1, 0.15) is 5.69 Å². The summed E-state index contributed by atoms with van der Waals surface area (Å²) >= 11 is 0. The number of rotatable bonds is 5. The lowest BCUT2D eigenvalue weighted by Crippen LogP contribution is -2.03. The summed E-state index contributed by atoms with van der Waals surface area (Å²) in [5.41, 5.74) is 1.36. The second-order valence-electron chi connectivity index (χ2n) is 4.25. The average Bonchev–Trinajstić information content (AvgIpc) is 2.82. The van der Waals surface area contributed by atoms with E-state index in [9.17, 15) is 13.9 Å². The standard InChI is InChI=1S/C13H15F2N3O/c1-2-3-6-18-13(12(8-19)16-17-18)9-4-5-10(14)11(15)7-9/h4-5,7,19H,2-3,6,8H2,1H3. The SMILES string of the molecule is CCCCn1nnc(CO)c1-c1ccc(F)c(F)c1. The van der Waals surface area contributed by atoms with Gasteiger partial charge in [0.2, 0.25) is 0 Å². The maximum absolute atomic E-state index is 13.3. The number of nitrogens with zero attached hydrogens (tertiary/aromatic N) is 3. The molecule has 1 aromatic carbocycles. The molecule has 0 amide bonds. The minimum Gasteiger partial charge on any atom is -0.390 e. The molecule has 0 aliphatic carbocycles. The Kier molecular flexibility index (Phi) is 4.21. The second kappa shape index (κ2) is 5.88. The first-order valence-electron chi connectivity index (χ1n) is 6.16. The number of aryl methyl sites for hydroxylation is 1. The van der Waals surface area contributed by atoms with Crippen LogP contribution in [0.15, 0.2) is 18.2 Å². The lowest BCUT2D eigenvalue weighted by Gasteiger charge is -2.07. The first kappa shape index (κ1) is 13.6. The molecule has 2 rings (SSSR count). The molecular formula is C13H15F2N3O. The molecule has 0 fully saturated rings. The van der Waals surface area contributed by atoms with Crippen LogP contribution in [0.25, 0.3) is 11.3 Å². The monoisotopic (exact) mass is 267 g/mol. The summed E-state index contributed by atoms with van der Waals surface area (Å²) < 4.78 is 27.9. The maximum atomic E-state index is 13.3. The van der Waals surface area contributed by atoms with E-state index in [1.165, 1.54) is 6.07 Å². The number of hydrogen-bond donors (Lipinski definition) is 1. The molecule has 0 spiro atoms. The van der Waals surface area contributed by atoms with Crippen molar-refractivity contribution in [3.8, 4) is 11.3 Å². The van der Waals surface area contributed by atoms with Crippen LogP contribution in [0, 0.1) is 11.6 Å². The van der Waals surface area contributed by atoms with E-state index in [0.717, 1.165) is 25.0 Å². The van der Waals surface area contributed by atoms with Crippen LogP contribution < -0.4 is 0 Å². The van der Waals surface area contributed by atoms with Crippen LogP contribution in [-0.4, -0.2) is 20.1 Å². The van der Waals surface area contributed by atoms with Gasteiger partial charge in [0.05, 0.1) is 12.3 Å². The third-order valence-corrected chi connectivity index (χ3v) is 2.87. The van der Waals surface area contributed by atoms with E-state index in [1.54, 1.807) is 4.68 Å². The van der Waals surface area contributed by atoms with Gasteiger partial charge >= 0.3 is 0 Å². The molecule has 4 nitrogen and oxygen atoms in total. The predicted octanol–water partition coefficient (Wildman–Crippen LogP) is 2.52. The summed E-state index contributed by atoms with van der Waals surface area (Å²) in [6.45, 7) is 2.37. The van der Waals surface area contributed by atoms with E-state index in [1.807, 2.05) is 6.92 Å². The minimum atomic E-state index is -0.926. The molecule has 0 atom stereocenters. The number of hydrogen-bond acceptors (Lipinski definition) is 3. The number of aliphatic hydroxyl groups is 1. The van der Waals surface area contributed by atoms with E-state index in [-0.39, 0.29) is 6.61 Å². The summed E-state index contributed by atoms with van der Waals surface area (Å²) in [6, 6.07) is 3.61. The molecule has 0 bridgehead atoms. The zero-order valence-electron chi connectivity index (χ0n) is 10.6. The molecule has 1 aromatic heterocycles. The Morgan fingerprint density at radius 2 is 2.05 bits per heavy atom. The zero-order chi connectivity index (χ0) is 13.8. The van der Waals surface area contributed by atoms with Crippen LogP contribution in [0.5, 0.6) is 0 Å². The first-order valence-corrected chi connectivity index (χ1v) is 6.16. The molecule has 0 saturated carbocycles. The van der Waals surface area contributed by atoms with E-state index in [0.29, 0.717) is 23.5 Å². The number of unbranched alkanes of at least 4 members (excludes halogenated alkanes) is 1. The highest BCUT2D eigenvalue weighted by atomic mass is 19.2. The van der Waals surface area contributed by atoms with Crippen LogP contribution in [0.2, 0.25) is 0 Å². The van der Waals surface area contributed by atoms with Gasteiger partial charge in [0, 0.05) is 12.1 Å². The fourth-order valence-corrected chi connectivity index (χ4v) is 1.88. The van der Waals surface area contributed by atoms with Gasteiger partial charge < -0.3 is 5.11 Å². The molecule has 0 aliphatic heterocycles. The Bertz CT molecular complexity index is 569.